The highest BCUT2D eigenvalue weighted by atomic mass is 16.4. The molecule has 0 bridgehead atoms. The molecule has 0 saturated heterocycles. The van der Waals surface area contributed by atoms with Gasteiger partial charge in [-0.1, -0.05) is 20.8 Å². The Morgan fingerprint density at radius 2 is 2.16 bits per heavy atom. The number of hydrogen-bond donors (Lipinski definition) is 3. The van der Waals surface area contributed by atoms with Gasteiger partial charge in [0.2, 0.25) is 0 Å². The van der Waals surface area contributed by atoms with Crippen LogP contribution in [0.1, 0.15) is 39.4 Å². The van der Waals surface area contributed by atoms with Gasteiger partial charge in [0.25, 0.3) is 0 Å². The number of amides is 2. The summed E-state index contributed by atoms with van der Waals surface area (Å²) < 4.78 is 2.05. The monoisotopic (exact) mass is 351 g/mol. The van der Waals surface area contributed by atoms with Crippen LogP contribution in [0.15, 0.2) is 12.4 Å². The summed E-state index contributed by atoms with van der Waals surface area (Å²) in [4.78, 5) is 29.1. The van der Waals surface area contributed by atoms with E-state index in [9.17, 15) is 9.59 Å². The number of carbonyl (C=O) groups is 2. The van der Waals surface area contributed by atoms with Crippen molar-refractivity contribution in [3.05, 3.63) is 18.2 Å². The molecule has 1 fully saturated rings. The average Bonchev–Trinajstić information content (AvgIpc) is 2.92. The molecule has 8 nitrogen and oxygen atoms in total. The molecule has 25 heavy (non-hydrogen) atoms. The van der Waals surface area contributed by atoms with Crippen molar-refractivity contribution in [2.75, 3.05) is 13.1 Å². The van der Waals surface area contributed by atoms with Gasteiger partial charge in [0.15, 0.2) is 0 Å². The zero-order valence-electron chi connectivity index (χ0n) is 15.2. The number of rotatable bonds is 9. The molecule has 0 aromatic carbocycles. The Morgan fingerprint density at radius 3 is 2.76 bits per heavy atom. The Balaban J connectivity index is 1.70. The molecular weight excluding hydrogens is 322 g/mol. The van der Waals surface area contributed by atoms with E-state index in [1.165, 1.54) is 0 Å². The molecule has 1 aromatic heterocycles. The Labute approximate surface area is 148 Å². The smallest absolute Gasteiger partial charge is 0.317 e. The summed E-state index contributed by atoms with van der Waals surface area (Å²) in [5.74, 6) is 0.544. The summed E-state index contributed by atoms with van der Waals surface area (Å²) in [6, 6.07) is 0.128. The number of likely N-dealkylation sites (N-methyl/N-ethyl adjacent to an activating group) is 1. The van der Waals surface area contributed by atoms with Crippen LogP contribution in [0.5, 0.6) is 0 Å². The van der Waals surface area contributed by atoms with Gasteiger partial charge in [-0.05, 0) is 25.3 Å². The third-order valence-electron chi connectivity index (χ3n) is 4.48. The third-order valence-corrected chi connectivity index (χ3v) is 4.48. The summed E-state index contributed by atoms with van der Waals surface area (Å²) >= 11 is 0. The quantitative estimate of drug-likeness (QED) is 0.622. The van der Waals surface area contributed by atoms with Gasteiger partial charge >= 0.3 is 12.0 Å². The topological polar surface area (TPSA) is 99.5 Å². The second-order valence-corrected chi connectivity index (χ2v) is 7.00. The Morgan fingerprint density at radius 1 is 1.44 bits per heavy atom. The van der Waals surface area contributed by atoms with Gasteiger partial charge in [-0.25, -0.2) is 9.78 Å². The van der Waals surface area contributed by atoms with Crippen LogP contribution in [0, 0.1) is 5.92 Å². The predicted molar refractivity (Wildman–Crippen MR) is 94.1 cm³/mol. The first-order valence-corrected chi connectivity index (χ1v) is 8.89. The molecule has 8 heteroatoms. The van der Waals surface area contributed by atoms with Crippen LogP contribution >= 0.6 is 0 Å². The highest BCUT2D eigenvalue weighted by Crippen LogP contribution is 2.25. The van der Waals surface area contributed by atoms with Crippen LogP contribution in [0.25, 0.3) is 0 Å². The fourth-order valence-electron chi connectivity index (χ4n) is 3.14. The number of carbonyl (C=O) groups excluding carboxylic acids is 1. The van der Waals surface area contributed by atoms with Gasteiger partial charge in [0.1, 0.15) is 5.82 Å². The van der Waals surface area contributed by atoms with E-state index in [1.54, 1.807) is 6.20 Å². The second kappa shape index (κ2) is 8.84. The van der Waals surface area contributed by atoms with Crippen LogP contribution in [0.3, 0.4) is 0 Å². The molecule has 1 aliphatic rings. The number of nitrogens with zero attached hydrogens (tertiary/aromatic N) is 3. The lowest BCUT2D eigenvalue weighted by molar-refractivity contribution is -0.139. The molecule has 3 N–H and O–H groups in total. The lowest BCUT2D eigenvalue weighted by Gasteiger charge is -2.42. The second-order valence-electron chi connectivity index (χ2n) is 7.00. The van der Waals surface area contributed by atoms with E-state index >= 15 is 0 Å². The minimum absolute atomic E-state index is 0.0542. The molecule has 1 aliphatic carbocycles. The summed E-state index contributed by atoms with van der Waals surface area (Å²) in [6.45, 7) is 8.26. The SMILES string of the molecule is CCN(CC(=O)O)C1CC(NC(=O)NCc2nccn2CC(C)C)C1. The summed E-state index contributed by atoms with van der Waals surface area (Å²) in [5.41, 5.74) is 0. The first-order valence-electron chi connectivity index (χ1n) is 8.89. The lowest BCUT2D eigenvalue weighted by atomic mass is 9.85. The van der Waals surface area contributed by atoms with Gasteiger partial charge in [0, 0.05) is 31.0 Å². The van der Waals surface area contributed by atoms with Crippen molar-refractivity contribution in [2.45, 2.75) is 58.8 Å². The van der Waals surface area contributed by atoms with Crippen molar-refractivity contribution < 1.29 is 14.7 Å². The van der Waals surface area contributed by atoms with E-state index in [4.69, 9.17) is 5.11 Å². The number of nitrogens with one attached hydrogen (secondary N) is 2. The summed E-state index contributed by atoms with van der Waals surface area (Å²) in [6.07, 6.45) is 5.25. The first kappa shape index (κ1) is 19.2. The van der Waals surface area contributed by atoms with Gasteiger partial charge in [0.05, 0.1) is 13.1 Å². The van der Waals surface area contributed by atoms with Crippen molar-refractivity contribution in [3.63, 3.8) is 0 Å². The lowest BCUT2D eigenvalue weighted by Crippen LogP contribution is -2.56. The molecule has 0 unspecified atom stereocenters. The van der Waals surface area contributed by atoms with E-state index in [1.807, 2.05) is 18.0 Å². The van der Waals surface area contributed by atoms with Crippen molar-refractivity contribution in [1.29, 1.82) is 0 Å². The van der Waals surface area contributed by atoms with Gasteiger partial charge in [-0.2, -0.15) is 0 Å². The molecule has 140 valence electrons. The van der Waals surface area contributed by atoms with Gasteiger partial charge < -0.3 is 20.3 Å². The Bertz CT molecular complexity index is 581. The number of hydrogen-bond acceptors (Lipinski definition) is 4. The van der Waals surface area contributed by atoms with Crippen molar-refractivity contribution in [2.24, 2.45) is 5.92 Å². The number of carboxylic acid groups (broad SMARTS) is 1. The fourth-order valence-corrected chi connectivity index (χ4v) is 3.14. The number of aliphatic carboxylic acids is 1. The van der Waals surface area contributed by atoms with E-state index in [2.05, 4.69) is 34.0 Å². The van der Waals surface area contributed by atoms with E-state index in [0.717, 1.165) is 25.2 Å². The van der Waals surface area contributed by atoms with Crippen LogP contribution in [-0.4, -0.2) is 56.7 Å². The standard InChI is InChI=1S/C17H29N5O3/c1-4-21(11-16(23)24)14-7-13(8-14)20-17(25)19-9-15-18-5-6-22(15)10-12(2)3/h5-6,12-14H,4,7-11H2,1-3H3,(H,23,24)(H2,19,20,25). The van der Waals surface area contributed by atoms with E-state index in [-0.39, 0.29) is 24.7 Å². The molecule has 0 aliphatic heterocycles. The van der Waals surface area contributed by atoms with E-state index < -0.39 is 5.97 Å². The van der Waals surface area contributed by atoms with Crippen LogP contribution in [0.4, 0.5) is 4.79 Å². The molecule has 1 heterocycles. The minimum atomic E-state index is -0.812. The largest absolute Gasteiger partial charge is 0.480 e. The Hall–Kier alpha value is -2.09. The van der Waals surface area contributed by atoms with Crippen LogP contribution in [0.2, 0.25) is 0 Å². The molecular formula is C17H29N5O3. The zero-order chi connectivity index (χ0) is 18.4. The highest BCUT2D eigenvalue weighted by Gasteiger charge is 2.34. The van der Waals surface area contributed by atoms with Gasteiger partial charge in [-0.3, -0.25) is 9.69 Å². The molecule has 1 aromatic rings. The number of carboxylic acids is 1. The zero-order valence-corrected chi connectivity index (χ0v) is 15.2. The first-order chi connectivity index (χ1) is 11.9. The molecule has 1 saturated carbocycles. The average molecular weight is 351 g/mol. The van der Waals surface area contributed by atoms with Crippen molar-refractivity contribution in [1.82, 2.24) is 25.1 Å². The van der Waals surface area contributed by atoms with E-state index in [0.29, 0.717) is 19.0 Å². The molecule has 2 amide bonds. The molecule has 0 spiro atoms. The minimum Gasteiger partial charge on any atom is -0.480 e. The maximum atomic E-state index is 12.0. The van der Waals surface area contributed by atoms with Crippen LogP contribution in [-0.2, 0) is 17.9 Å². The van der Waals surface area contributed by atoms with Crippen molar-refractivity contribution in [3.8, 4) is 0 Å². The summed E-state index contributed by atoms with van der Waals surface area (Å²) in [5, 5.41) is 14.7. The Kier molecular flexibility index (Phi) is 6.81. The van der Waals surface area contributed by atoms with Crippen molar-refractivity contribution >= 4 is 12.0 Å². The highest BCUT2D eigenvalue weighted by molar-refractivity contribution is 5.74. The molecule has 0 atom stereocenters. The molecule has 0 radical (unpaired) electrons. The maximum Gasteiger partial charge on any atom is 0.317 e. The predicted octanol–water partition coefficient (Wildman–Crippen LogP) is 1.28. The van der Waals surface area contributed by atoms with Gasteiger partial charge in [-0.15, -0.1) is 0 Å². The number of urea groups is 1. The van der Waals surface area contributed by atoms with Crippen LogP contribution < -0.4 is 10.6 Å². The maximum absolute atomic E-state index is 12.0. The molecule has 2 rings (SSSR count). The number of aromatic nitrogens is 2. The third kappa shape index (κ3) is 5.74. The normalized spacial score (nSPS) is 19.7. The number of imidazole rings is 1. The fraction of sp³-hybridized carbons (Fsp3) is 0.706. The summed E-state index contributed by atoms with van der Waals surface area (Å²) in [7, 11) is 0.